The van der Waals surface area contributed by atoms with E-state index in [0.29, 0.717) is 11.5 Å². The van der Waals surface area contributed by atoms with Crippen LogP contribution >= 0.6 is 27.3 Å². The van der Waals surface area contributed by atoms with Crippen LogP contribution in [-0.2, 0) is 6.42 Å². The van der Waals surface area contributed by atoms with Crippen molar-refractivity contribution in [2.24, 2.45) is 5.41 Å². The first-order valence-corrected chi connectivity index (χ1v) is 8.49. The molecule has 0 saturated carbocycles. The molecule has 0 amide bonds. The van der Waals surface area contributed by atoms with Crippen LogP contribution in [0.1, 0.15) is 51.8 Å². The predicted molar refractivity (Wildman–Crippen MR) is 86.5 cm³/mol. The second-order valence-electron chi connectivity index (χ2n) is 6.16. The smallest absolute Gasteiger partial charge is 0.0701 e. The van der Waals surface area contributed by atoms with Gasteiger partial charge in [0.2, 0.25) is 0 Å². The maximum Gasteiger partial charge on any atom is 0.0701 e. The van der Waals surface area contributed by atoms with E-state index in [1.54, 1.807) is 0 Å². The van der Waals surface area contributed by atoms with Gasteiger partial charge in [0.05, 0.1) is 3.79 Å². The van der Waals surface area contributed by atoms with Gasteiger partial charge in [-0.3, -0.25) is 0 Å². The number of halogens is 1. The lowest BCUT2D eigenvalue weighted by Gasteiger charge is -2.23. The highest BCUT2D eigenvalue weighted by atomic mass is 79.9. The monoisotopic (exact) mass is 331 g/mol. The lowest BCUT2D eigenvalue weighted by atomic mass is 9.88. The van der Waals surface area contributed by atoms with Crippen LogP contribution in [0.4, 0.5) is 0 Å². The molecule has 104 valence electrons. The van der Waals surface area contributed by atoms with Crippen molar-refractivity contribution in [1.82, 2.24) is 5.32 Å². The molecule has 0 bridgehead atoms. The van der Waals surface area contributed by atoms with Crippen molar-refractivity contribution in [2.75, 3.05) is 6.54 Å². The van der Waals surface area contributed by atoms with Crippen molar-refractivity contribution >= 4 is 27.3 Å². The third kappa shape index (κ3) is 6.91. The number of hydrogen-bond donors (Lipinski definition) is 1. The Labute approximate surface area is 125 Å². The van der Waals surface area contributed by atoms with Crippen molar-refractivity contribution < 1.29 is 0 Å². The molecule has 0 aliphatic carbocycles. The quantitative estimate of drug-likeness (QED) is 0.719. The van der Waals surface area contributed by atoms with Gasteiger partial charge >= 0.3 is 0 Å². The summed E-state index contributed by atoms with van der Waals surface area (Å²) in [5, 5.41) is 3.69. The molecule has 1 rings (SSSR count). The van der Waals surface area contributed by atoms with Crippen LogP contribution < -0.4 is 5.32 Å². The third-order valence-electron chi connectivity index (χ3n) is 3.00. The van der Waals surface area contributed by atoms with Gasteiger partial charge in [-0.05, 0) is 65.7 Å². The fourth-order valence-electron chi connectivity index (χ4n) is 1.94. The fourth-order valence-corrected chi connectivity index (χ4v) is 3.50. The van der Waals surface area contributed by atoms with E-state index in [-0.39, 0.29) is 0 Å². The molecule has 0 aromatic carbocycles. The summed E-state index contributed by atoms with van der Waals surface area (Å²) in [5.74, 6) is 0. The van der Waals surface area contributed by atoms with Crippen molar-refractivity contribution in [2.45, 2.75) is 59.4 Å². The maximum atomic E-state index is 3.69. The topological polar surface area (TPSA) is 12.0 Å². The van der Waals surface area contributed by atoms with Crippen LogP contribution in [0.3, 0.4) is 0 Å². The van der Waals surface area contributed by atoms with Gasteiger partial charge in [-0.1, -0.05) is 27.7 Å². The molecule has 1 nitrogen and oxygen atoms in total. The van der Waals surface area contributed by atoms with Crippen molar-refractivity contribution in [3.63, 3.8) is 0 Å². The molecule has 18 heavy (non-hydrogen) atoms. The molecule has 1 aromatic heterocycles. The summed E-state index contributed by atoms with van der Waals surface area (Å²) in [6.45, 7) is 10.3. The Morgan fingerprint density at radius 1 is 1.33 bits per heavy atom. The fraction of sp³-hybridized carbons (Fsp3) is 0.733. The summed E-state index contributed by atoms with van der Waals surface area (Å²) in [6.07, 6.45) is 4.91. The summed E-state index contributed by atoms with van der Waals surface area (Å²) >= 11 is 5.40. The average molecular weight is 332 g/mol. The van der Waals surface area contributed by atoms with E-state index in [9.17, 15) is 0 Å². The molecular weight excluding hydrogens is 306 g/mol. The highest BCUT2D eigenvalue weighted by Crippen LogP contribution is 2.26. The van der Waals surface area contributed by atoms with E-state index in [2.05, 4.69) is 61.1 Å². The average Bonchev–Trinajstić information content (AvgIpc) is 2.67. The van der Waals surface area contributed by atoms with E-state index in [4.69, 9.17) is 0 Å². The second kappa shape index (κ2) is 7.66. The van der Waals surface area contributed by atoms with E-state index in [1.165, 1.54) is 27.9 Å². The Balaban J connectivity index is 2.49. The van der Waals surface area contributed by atoms with Crippen LogP contribution in [0.2, 0.25) is 0 Å². The summed E-state index contributed by atoms with van der Waals surface area (Å²) in [7, 11) is 0. The molecule has 0 aliphatic rings. The van der Waals surface area contributed by atoms with Gasteiger partial charge in [0.1, 0.15) is 0 Å². The maximum absolute atomic E-state index is 3.69. The molecular formula is C15H26BrNS. The minimum atomic E-state index is 0.433. The molecule has 0 fully saturated rings. The highest BCUT2D eigenvalue weighted by molar-refractivity contribution is 9.11. The first-order valence-electron chi connectivity index (χ1n) is 6.88. The Hall–Kier alpha value is 0.140. The molecule has 0 aliphatic heterocycles. The van der Waals surface area contributed by atoms with E-state index in [1.807, 2.05) is 11.3 Å². The molecule has 1 heterocycles. The Kier molecular flexibility index (Phi) is 6.89. The standard InChI is InChI=1S/C15H26BrNS/c1-5-10-17-12(8-9-15(2,3)4)11-13-6-7-14(16)18-13/h6-7,12,17H,5,8-11H2,1-4H3. The van der Waals surface area contributed by atoms with Crippen molar-refractivity contribution in [3.8, 4) is 0 Å². The van der Waals surface area contributed by atoms with Gasteiger partial charge in [0.15, 0.2) is 0 Å². The largest absolute Gasteiger partial charge is 0.314 e. The van der Waals surface area contributed by atoms with E-state index < -0.39 is 0 Å². The first-order chi connectivity index (χ1) is 8.40. The molecule has 1 aromatic rings. The summed E-state index contributed by atoms with van der Waals surface area (Å²) in [6, 6.07) is 5.02. The summed E-state index contributed by atoms with van der Waals surface area (Å²) in [5.41, 5.74) is 0.433. The zero-order chi connectivity index (χ0) is 13.6. The van der Waals surface area contributed by atoms with Crippen LogP contribution in [0.15, 0.2) is 15.9 Å². The van der Waals surface area contributed by atoms with Gasteiger partial charge in [0.25, 0.3) is 0 Å². The van der Waals surface area contributed by atoms with Crippen LogP contribution in [0.5, 0.6) is 0 Å². The minimum absolute atomic E-state index is 0.433. The van der Waals surface area contributed by atoms with Gasteiger partial charge in [-0.25, -0.2) is 0 Å². The van der Waals surface area contributed by atoms with E-state index in [0.717, 1.165) is 13.0 Å². The Morgan fingerprint density at radius 3 is 2.56 bits per heavy atom. The molecule has 1 unspecified atom stereocenters. The minimum Gasteiger partial charge on any atom is -0.314 e. The number of hydrogen-bond acceptors (Lipinski definition) is 2. The molecule has 1 N–H and O–H groups in total. The zero-order valence-corrected chi connectivity index (χ0v) is 14.5. The van der Waals surface area contributed by atoms with Gasteiger partial charge in [-0.2, -0.15) is 0 Å². The highest BCUT2D eigenvalue weighted by Gasteiger charge is 2.16. The second-order valence-corrected chi connectivity index (χ2v) is 8.71. The van der Waals surface area contributed by atoms with Gasteiger partial charge < -0.3 is 5.32 Å². The van der Waals surface area contributed by atoms with Crippen LogP contribution in [0.25, 0.3) is 0 Å². The van der Waals surface area contributed by atoms with Crippen LogP contribution in [0, 0.1) is 5.41 Å². The van der Waals surface area contributed by atoms with Crippen molar-refractivity contribution in [1.29, 1.82) is 0 Å². The van der Waals surface area contributed by atoms with Gasteiger partial charge in [-0.15, -0.1) is 11.3 Å². The van der Waals surface area contributed by atoms with Gasteiger partial charge in [0, 0.05) is 10.9 Å². The number of thiophene rings is 1. The first kappa shape index (κ1) is 16.2. The summed E-state index contributed by atoms with van der Waals surface area (Å²) < 4.78 is 1.24. The number of rotatable bonds is 7. The van der Waals surface area contributed by atoms with E-state index >= 15 is 0 Å². The summed E-state index contributed by atoms with van der Waals surface area (Å²) in [4.78, 5) is 1.48. The molecule has 0 radical (unpaired) electrons. The molecule has 1 atom stereocenters. The Bertz CT molecular complexity index is 341. The lowest BCUT2D eigenvalue weighted by molar-refractivity contribution is 0.329. The van der Waals surface area contributed by atoms with Crippen LogP contribution in [-0.4, -0.2) is 12.6 Å². The Morgan fingerprint density at radius 2 is 2.06 bits per heavy atom. The van der Waals surface area contributed by atoms with Crippen molar-refractivity contribution in [3.05, 3.63) is 20.8 Å². The SMILES string of the molecule is CCCNC(CCC(C)(C)C)Cc1ccc(Br)s1. The molecule has 3 heteroatoms. The number of nitrogens with one attached hydrogen (secondary N) is 1. The molecule has 0 spiro atoms. The predicted octanol–water partition coefficient (Wildman–Crippen LogP) is 5.25. The lowest BCUT2D eigenvalue weighted by Crippen LogP contribution is -2.32. The third-order valence-corrected chi connectivity index (χ3v) is 4.65. The normalized spacial score (nSPS) is 13.8. The molecule has 0 saturated heterocycles. The zero-order valence-electron chi connectivity index (χ0n) is 12.1.